The van der Waals surface area contributed by atoms with Crippen LogP contribution in [0.15, 0.2) is 24.3 Å². The van der Waals surface area contributed by atoms with E-state index in [0.717, 1.165) is 30.7 Å². The lowest BCUT2D eigenvalue weighted by atomic mass is 9.89. The first-order chi connectivity index (χ1) is 8.34. The van der Waals surface area contributed by atoms with Crippen molar-refractivity contribution in [2.24, 2.45) is 0 Å². The van der Waals surface area contributed by atoms with E-state index in [4.69, 9.17) is 0 Å². The Bertz CT molecular complexity index is 407. The van der Waals surface area contributed by atoms with Gasteiger partial charge in [-0.25, -0.2) is 0 Å². The average molecular weight is 259 g/mol. The highest BCUT2D eigenvalue weighted by Crippen LogP contribution is 2.34. The van der Waals surface area contributed by atoms with Crippen molar-refractivity contribution >= 4 is 5.69 Å². The molecule has 0 unspecified atom stereocenters. The van der Waals surface area contributed by atoms with Gasteiger partial charge in [0.15, 0.2) is 0 Å². The van der Waals surface area contributed by atoms with E-state index >= 15 is 0 Å². The zero-order valence-corrected chi connectivity index (χ0v) is 10.2. The van der Waals surface area contributed by atoms with Crippen LogP contribution in [0.4, 0.5) is 18.9 Å². The molecular weight excluding hydrogens is 243 g/mol. The first-order valence-electron chi connectivity index (χ1n) is 5.99. The van der Waals surface area contributed by atoms with Crippen LogP contribution in [0.1, 0.15) is 25.3 Å². The molecule has 0 bridgehead atoms. The third-order valence-corrected chi connectivity index (χ3v) is 3.25. The third-order valence-electron chi connectivity index (χ3n) is 3.25. The van der Waals surface area contributed by atoms with Gasteiger partial charge in [-0.2, -0.15) is 13.2 Å². The second-order valence-electron chi connectivity index (χ2n) is 4.88. The van der Waals surface area contributed by atoms with Gasteiger partial charge in [-0.1, -0.05) is 13.3 Å². The van der Waals surface area contributed by atoms with Gasteiger partial charge in [0.05, 0.1) is 11.2 Å². The number of alkyl halides is 3. The summed E-state index contributed by atoms with van der Waals surface area (Å²) in [6, 6.07) is 5.06. The molecule has 2 nitrogen and oxygen atoms in total. The van der Waals surface area contributed by atoms with E-state index in [1.54, 1.807) is 0 Å². The molecule has 2 rings (SSSR count). The van der Waals surface area contributed by atoms with E-state index in [0.29, 0.717) is 13.1 Å². The number of β-amino-alcohol motifs (C(OH)–C–C–N with tert-alkyl or cyclic N) is 1. The second-order valence-corrected chi connectivity index (χ2v) is 4.88. The van der Waals surface area contributed by atoms with Crippen molar-refractivity contribution in [1.82, 2.24) is 0 Å². The quantitative estimate of drug-likeness (QED) is 0.901. The molecule has 1 heterocycles. The highest BCUT2D eigenvalue weighted by Gasteiger charge is 2.40. The summed E-state index contributed by atoms with van der Waals surface area (Å²) in [5.74, 6) is 0. The normalized spacial score (nSPS) is 18.6. The molecular formula is C13H16F3NO. The van der Waals surface area contributed by atoms with E-state index in [2.05, 4.69) is 0 Å². The molecule has 1 saturated heterocycles. The molecule has 0 aromatic heterocycles. The first kappa shape index (κ1) is 13.2. The van der Waals surface area contributed by atoms with E-state index in [1.807, 2.05) is 11.8 Å². The fraction of sp³-hybridized carbons (Fsp3) is 0.538. The predicted octanol–water partition coefficient (Wildman–Crippen LogP) is 3.06. The van der Waals surface area contributed by atoms with E-state index in [-0.39, 0.29) is 0 Å². The monoisotopic (exact) mass is 259 g/mol. The molecule has 0 radical (unpaired) electrons. The summed E-state index contributed by atoms with van der Waals surface area (Å²) in [6.45, 7) is 2.98. The van der Waals surface area contributed by atoms with Crippen molar-refractivity contribution in [2.45, 2.75) is 31.5 Å². The number of rotatable bonds is 3. The van der Waals surface area contributed by atoms with Crippen molar-refractivity contribution in [1.29, 1.82) is 0 Å². The SMILES string of the molecule is CCCC1(O)CN(c2ccc(C(F)(F)F)cc2)C1. The molecule has 1 aromatic carbocycles. The fourth-order valence-corrected chi connectivity index (χ4v) is 2.33. The minimum absolute atomic E-state index is 0.492. The molecule has 18 heavy (non-hydrogen) atoms. The maximum atomic E-state index is 12.4. The van der Waals surface area contributed by atoms with Gasteiger partial charge in [-0.05, 0) is 30.7 Å². The Morgan fingerprint density at radius 3 is 2.22 bits per heavy atom. The van der Waals surface area contributed by atoms with Gasteiger partial charge in [0, 0.05) is 18.8 Å². The van der Waals surface area contributed by atoms with Gasteiger partial charge < -0.3 is 10.0 Å². The lowest BCUT2D eigenvalue weighted by Crippen LogP contribution is -2.61. The average Bonchev–Trinajstić information content (AvgIpc) is 2.25. The van der Waals surface area contributed by atoms with Gasteiger partial charge in [0.2, 0.25) is 0 Å². The summed E-state index contributed by atoms with van der Waals surface area (Å²) in [5, 5.41) is 10.0. The molecule has 5 heteroatoms. The molecule has 0 aliphatic carbocycles. The summed E-state index contributed by atoms with van der Waals surface area (Å²) in [4.78, 5) is 1.88. The van der Waals surface area contributed by atoms with Crippen LogP contribution in [-0.4, -0.2) is 23.8 Å². The van der Waals surface area contributed by atoms with Gasteiger partial charge in [-0.3, -0.25) is 0 Å². The molecule has 1 fully saturated rings. The number of halogens is 3. The van der Waals surface area contributed by atoms with Crippen LogP contribution in [0.3, 0.4) is 0 Å². The fourth-order valence-electron chi connectivity index (χ4n) is 2.33. The van der Waals surface area contributed by atoms with Gasteiger partial charge in [0.25, 0.3) is 0 Å². The molecule has 1 aliphatic rings. The lowest BCUT2D eigenvalue weighted by molar-refractivity contribution is -0.137. The highest BCUT2D eigenvalue weighted by atomic mass is 19.4. The summed E-state index contributed by atoms with van der Waals surface area (Å²) in [6.07, 6.45) is -2.67. The van der Waals surface area contributed by atoms with Crippen LogP contribution in [0.2, 0.25) is 0 Å². The Balaban J connectivity index is 2.01. The Hall–Kier alpha value is -1.23. The van der Waals surface area contributed by atoms with Crippen molar-refractivity contribution in [2.75, 3.05) is 18.0 Å². The number of aliphatic hydroxyl groups is 1. The Morgan fingerprint density at radius 2 is 1.78 bits per heavy atom. The summed E-state index contributed by atoms with van der Waals surface area (Å²) in [5.41, 5.74) is -0.586. The number of benzene rings is 1. The van der Waals surface area contributed by atoms with Crippen LogP contribution >= 0.6 is 0 Å². The van der Waals surface area contributed by atoms with Gasteiger partial charge in [0.1, 0.15) is 0 Å². The van der Waals surface area contributed by atoms with Crippen LogP contribution in [0.5, 0.6) is 0 Å². The molecule has 0 saturated carbocycles. The largest absolute Gasteiger partial charge is 0.416 e. The smallest absolute Gasteiger partial charge is 0.386 e. The zero-order chi connectivity index (χ0) is 13.4. The zero-order valence-electron chi connectivity index (χ0n) is 10.2. The van der Waals surface area contributed by atoms with Crippen molar-refractivity contribution in [3.8, 4) is 0 Å². The Kier molecular flexibility index (Phi) is 3.27. The van der Waals surface area contributed by atoms with E-state index in [1.165, 1.54) is 12.1 Å². The molecule has 0 spiro atoms. The first-order valence-corrected chi connectivity index (χ1v) is 5.99. The van der Waals surface area contributed by atoms with E-state index in [9.17, 15) is 18.3 Å². The van der Waals surface area contributed by atoms with Crippen LogP contribution in [0.25, 0.3) is 0 Å². The highest BCUT2D eigenvalue weighted by molar-refractivity contribution is 5.51. The van der Waals surface area contributed by atoms with Crippen LogP contribution in [-0.2, 0) is 6.18 Å². The van der Waals surface area contributed by atoms with Crippen LogP contribution in [0, 0.1) is 0 Å². The van der Waals surface area contributed by atoms with Gasteiger partial charge in [-0.15, -0.1) is 0 Å². The molecule has 0 atom stereocenters. The number of nitrogens with zero attached hydrogens (tertiary/aromatic N) is 1. The minimum Gasteiger partial charge on any atom is -0.386 e. The summed E-state index contributed by atoms with van der Waals surface area (Å²) in [7, 11) is 0. The minimum atomic E-state index is -4.30. The Morgan fingerprint density at radius 1 is 1.22 bits per heavy atom. The van der Waals surface area contributed by atoms with E-state index < -0.39 is 17.3 Å². The number of hydrogen-bond acceptors (Lipinski definition) is 2. The van der Waals surface area contributed by atoms with Crippen LogP contribution < -0.4 is 4.90 Å². The Labute approximate surface area is 104 Å². The molecule has 1 N–H and O–H groups in total. The van der Waals surface area contributed by atoms with Crippen molar-refractivity contribution in [3.05, 3.63) is 29.8 Å². The summed E-state index contributed by atoms with van der Waals surface area (Å²) >= 11 is 0. The number of anilines is 1. The third kappa shape index (κ3) is 2.61. The van der Waals surface area contributed by atoms with Gasteiger partial charge >= 0.3 is 6.18 Å². The maximum absolute atomic E-state index is 12.4. The maximum Gasteiger partial charge on any atom is 0.416 e. The number of hydrogen-bond donors (Lipinski definition) is 1. The van der Waals surface area contributed by atoms with Crippen molar-refractivity contribution in [3.63, 3.8) is 0 Å². The summed E-state index contributed by atoms with van der Waals surface area (Å²) < 4.78 is 37.2. The topological polar surface area (TPSA) is 23.5 Å². The molecule has 1 aromatic rings. The second kappa shape index (κ2) is 4.46. The molecule has 0 amide bonds. The predicted molar refractivity (Wildman–Crippen MR) is 63.5 cm³/mol. The van der Waals surface area contributed by atoms with Crippen molar-refractivity contribution < 1.29 is 18.3 Å². The lowest BCUT2D eigenvalue weighted by Gasteiger charge is -2.48. The standard InChI is InChI=1S/C13H16F3NO/c1-2-7-12(18)8-17(9-12)11-5-3-10(4-6-11)13(14,15)16/h3-6,18H,2,7-9H2,1H3. The molecule has 100 valence electrons. The molecule has 1 aliphatic heterocycles.